The molecule has 0 saturated heterocycles. The second-order valence-corrected chi connectivity index (χ2v) is 3.26. The van der Waals surface area contributed by atoms with Gasteiger partial charge in [-0.1, -0.05) is 13.8 Å². The first-order chi connectivity index (χ1) is 5.13. The summed E-state index contributed by atoms with van der Waals surface area (Å²) in [4.78, 5) is 11.1. The fourth-order valence-corrected chi connectivity index (χ4v) is 1.29. The summed E-state index contributed by atoms with van der Waals surface area (Å²) in [6, 6.07) is 0. The van der Waals surface area contributed by atoms with Gasteiger partial charge in [0.15, 0.2) is 23.0 Å². The van der Waals surface area contributed by atoms with Gasteiger partial charge in [-0.2, -0.15) is 0 Å². The molecule has 0 aliphatic heterocycles. The lowest BCUT2D eigenvalue weighted by atomic mass is 9.93. The van der Waals surface area contributed by atoms with Crippen molar-refractivity contribution in [3.05, 3.63) is 0 Å². The minimum atomic E-state index is -0.161. The molecule has 2 N–H and O–H groups in total. The van der Waals surface area contributed by atoms with Crippen molar-refractivity contribution < 1.29 is 7.86 Å². The van der Waals surface area contributed by atoms with E-state index in [0.717, 1.165) is 0 Å². The third kappa shape index (κ3) is 3.91. The molecule has 66 valence electrons. The highest BCUT2D eigenvalue weighted by Crippen LogP contribution is 2.17. The lowest BCUT2D eigenvalue weighted by Crippen LogP contribution is -2.23. The van der Waals surface area contributed by atoms with E-state index >= 15 is 0 Å². The molecule has 0 spiro atoms. The third-order valence-electron chi connectivity index (χ3n) is 1.66. The van der Waals surface area contributed by atoms with Crippen LogP contribution < -0.4 is 5.73 Å². The third-order valence-corrected chi connectivity index (χ3v) is 2.10. The SMILES string of the molecule is CC(C)C(CCN)C(=O)OI. The standard InChI is InChI=1S/C7H14INO2/c1-5(2)6(3-4-9)7(10)11-8/h5-6H,3-4,9H2,1-2H3. The Morgan fingerprint density at radius 3 is 2.45 bits per heavy atom. The first kappa shape index (κ1) is 11.2. The number of hydrogen-bond acceptors (Lipinski definition) is 3. The molecule has 0 aliphatic carbocycles. The Kier molecular flexibility index (Phi) is 5.85. The van der Waals surface area contributed by atoms with Gasteiger partial charge < -0.3 is 8.80 Å². The van der Waals surface area contributed by atoms with E-state index < -0.39 is 0 Å². The van der Waals surface area contributed by atoms with Gasteiger partial charge in [0.25, 0.3) is 0 Å². The summed E-state index contributed by atoms with van der Waals surface area (Å²) >= 11 is 1.61. The summed E-state index contributed by atoms with van der Waals surface area (Å²) in [5.41, 5.74) is 5.35. The van der Waals surface area contributed by atoms with Crippen LogP contribution in [-0.4, -0.2) is 12.5 Å². The summed E-state index contributed by atoms with van der Waals surface area (Å²) in [5.74, 6) is 0.101. The maximum atomic E-state index is 11.1. The fourth-order valence-electron chi connectivity index (χ4n) is 0.960. The number of hydrogen-bond donors (Lipinski definition) is 1. The van der Waals surface area contributed by atoms with Crippen LogP contribution in [0.3, 0.4) is 0 Å². The summed E-state index contributed by atoms with van der Waals surface area (Å²) in [6.45, 7) is 4.52. The van der Waals surface area contributed by atoms with E-state index in [9.17, 15) is 4.79 Å². The van der Waals surface area contributed by atoms with E-state index in [2.05, 4.69) is 3.07 Å². The van der Waals surface area contributed by atoms with Crippen molar-refractivity contribution in [1.82, 2.24) is 0 Å². The van der Waals surface area contributed by atoms with Crippen molar-refractivity contribution in [2.75, 3.05) is 6.54 Å². The molecule has 0 aromatic rings. The van der Waals surface area contributed by atoms with Gasteiger partial charge in [-0.05, 0) is 18.9 Å². The van der Waals surface area contributed by atoms with Crippen molar-refractivity contribution in [2.24, 2.45) is 17.6 Å². The predicted octanol–water partition coefficient (Wildman–Crippen LogP) is 1.50. The van der Waals surface area contributed by atoms with Gasteiger partial charge in [0.1, 0.15) is 0 Å². The Balaban J connectivity index is 3.98. The summed E-state index contributed by atoms with van der Waals surface area (Å²) in [5, 5.41) is 0. The molecule has 0 saturated carbocycles. The highest BCUT2D eigenvalue weighted by Gasteiger charge is 2.22. The van der Waals surface area contributed by atoms with E-state index in [1.54, 1.807) is 23.0 Å². The summed E-state index contributed by atoms with van der Waals surface area (Å²) in [6.07, 6.45) is 0.708. The molecule has 1 atom stereocenters. The largest absolute Gasteiger partial charge is 0.394 e. The summed E-state index contributed by atoms with van der Waals surface area (Å²) < 4.78 is 4.60. The second kappa shape index (κ2) is 5.77. The predicted molar refractivity (Wildman–Crippen MR) is 52.1 cm³/mol. The zero-order valence-electron chi connectivity index (χ0n) is 6.84. The second-order valence-electron chi connectivity index (χ2n) is 2.82. The summed E-state index contributed by atoms with van der Waals surface area (Å²) in [7, 11) is 0. The molecule has 0 heterocycles. The first-order valence-electron chi connectivity index (χ1n) is 3.66. The molecule has 3 nitrogen and oxygen atoms in total. The average molecular weight is 271 g/mol. The van der Waals surface area contributed by atoms with Gasteiger partial charge in [0.05, 0.1) is 5.92 Å². The van der Waals surface area contributed by atoms with Crippen LogP contribution >= 0.6 is 23.0 Å². The van der Waals surface area contributed by atoms with Crippen LogP contribution in [0.1, 0.15) is 20.3 Å². The zero-order valence-corrected chi connectivity index (χ0v) is 9.00. The molecule has 0 amide bonds. The lowest BCUT2D eigenvalue weighted by molar-refractivity contribution is -0.137. The Bertz CT molecular complexity index is 128. The minimum absolute atomic E-state index is 0.0445. The quantitative estimate of drug-likeness (QED) is 0.788. The Hall–Kier alpha value is 0.160. The molecule has 0 bridgehead atoms. The molecule has 0 radical (unpaired) electrons. The van der Waals surface area contributed by atoms with Gasteiger partial charge in [0.2, 0.25) is 0 Å². The molecular weight excluding hydrogens is 257 g/mol. The molecule has 4 heteroatoms. The van der Waals surface area contributed by atoms with E-state index in [1.807, 2.05) is 13.8 Å². The van der Waals surface area contributed by atoms with E-state index in [4.69, 9.17) is 5.73 Å². The Morgan fingerprint density at radius 2 is 2.18 bits per heavy atom. The first-order valence-corrected chi connectivity index (χ1v) is 4.54. The van der Waals surface area contributed by atoms with Crippen molar-refractivity contribution in [1.29, 1.82) is 0 Å². The van der Waals surface area contributed by atoms with Gasteiger partial charge in [-0.15, -0.1) is 0 Å². The van der Waals surface area contributed by atoms with Gasteiger partial charge >= 0.3 is 5.97 Å². The van der Waals surface area contributed by atoms with E-state index in [1.165, 1.54) is 0 Å². The van der Waals surface area contributed by atoms with Crippen LogP contribution in [0.2, 0.25) is 0 Å². The molecule has 0 fully saturated rings. The average Bonchev–Trinajstić information content (AvgIpc) is 1.98. The molecule has 0 aromatic carbocycles. The van der Waals surface area contributed by atoms with E-state index in [-0.39, 0.29) is 11.9 Å². The number of carbonyl (C=O) groups is 1. The topological polar surface area (TPSA) is 52.3 Å². The zero-order chi connectivity index (χ0) is 8.85. The van der Waals surface area contributed by atoms with Gasteiger partial charge in [-0.25, -0.2) is 0 Å². The highest BCUT2D eigenvalue weighted by atomic mass is 127. The van der Waals surface area contributed by atoms with Crippen molar-refractivity contribution in [2.45, 2.75) is 20.3 Å². The number of nitrogens with two attached hydrogens (primary N) is 1. The minimum Gasteiger partial charge on any atom is -0.394 e. The van der Waals surface area contributed by atoms with Crippen LogP contribution in [-0.2, 0) is 7.86 Å². The Labute approximate surface area is 81.4 Å². The van der Waals surface area contributed by atoms with Crippen LogP contribution in [0.5, 0.6) is 0 Å². The van der Waals surface area contributed by atoms with Crippen LogP contribution in [0.4, 0.5) is 0 Å². The van der Waals surface area contributed by atoms with Crippen LogP contribution in [0.15, 0.2) is 0 Å². The maximum absolute atomic E-state index is 11.1. The highest BCUT2D eigenvalue weighted by molar-refractivity contribution is 14.1. The van der Waals surface area contributed by atoms with Crippen LogP contribution in [0.25, 0.3) is 0 Å². The normalized spacial score (nSPS) is 13.2. The van der Waals surface area contributed by atoms with Gasteiger partial charge in [0, 0.05) is 0 Å². The Morgan fingerprint density at radius 1 is 1.64 bits per heavy atom. The van der Waals surface area contributed by atoms with E-state index in [0.29, 0.717) is 18.9 Å². The van der Waals surface area contributed by atoms with Gasteiger partial charge in [-0.3, -0.25) is 4.79 Å². The molecule has 0 rings (SSSR count). The molecule has 1 unspecified atom stereocenters. The van der Waals surface area contributed by atoms with Crippen molar-refractivity contribution in [3.63, 3.8) is 0 Å². The maximum Gasteiger partial charge on any atom is 0.318 e. The number of rotatable bonds is 4. The molecule has 0 aliphatic rings. The number of halogens is 1. The van der Waals surface area contributed by atoms with Crippen molar-refractivity contribution in [3.8, 4) is 0 Å². The smallest absolute Gasteiger partial charge is 0.318 e. The van der Waals surface area contributed by atoms with Crippen molar-refractivity contribution >= 4 is 29.0 Å². The molecular formula is C7H14INO2. The monoisotopic (exact) mass is 271 g/mol. The number of carbonyl (C=O) groups excluding carboxylic acids is 1. The molecule has 11 heavy (non-hydrogen) atoms. The van der Waals surface area contributed by atoms with Crippen LogP contribution in [0, 0.1) is 11.8 Å². The lowest BCUT2D eigenvalue weighted by Gasteiger charge is -2.15. The fraction of sp³-hybridized carbons (Fsp3) is 0.857. The molecule has 0 aromatic heterocycles.